The van der Waals surface area contributed by atoms with Crippen LogP contribution in [0.1, 0.15) is 0 Å². The summed E-state index contributed by atoms with van der Waals surface area (Å²) in [6, 6.07) is 1.89. The van der Waals surface area contributed by atoms with Crippen molar-refractivity contribution in [3.8, 4) is 0 Å². The first kappa shape index (κ1) is 8.65. The highest BCUT2D eigenvalue weighted by Gasteiger charge is 1.99. The van der Waals surface area contributed by atoms with E-state index in [0.29, 0.717) is 0 Å². The summed E-state index contributed by atoms with van der Waals surface area (Å²) >= 11 is 4.96. The van der Waals surface area contributed by atoms with E-state index >= 15 is 0 Å². The summed E-state index contributed by atoms with van der Waals surface area (Å²) in [4.78, 5) is 8.09. The third kappa shape index (κ3) is 2.05. The van der Waals surface area contributed by atoms with Gasteiger partial charge < -0.3 is 5.32 Å². The van der Waals surface area contributed by atoms with Gasteiger partial charge in [0.1, 0.15) is 0 Å². The molecule has 0 aliphatic heterocycles. The number of pyridine rings is 1. The Balaban J connectivity index is 2.24. The normalized spacial score (nSPS) is 9.92. The number of halogens is 1. The van der Waals surface area contributed by atoms with Crippen LogP contribution in [0.15, 0.2) is 34.5 Å². The van der Waals surface area contributed by atoms with Gasteiger partial charge in [0.25, 0.3) is 0 Å². The van der Waals surface area contributed by atoms with E-state index in [1.165, 1.54) is 0 Å². The first-order valence-corrected chi connectivity index (χ1v) is 5.29. The molecule has 0 unspecified atom stereocenters. The standard InChI is InChI=1S/C8H6BrN3S/c9-6-5-10-2-1-7(6)12-8-11-3-4-13-8/h1-5H,(H,10,11,12). The molecule has 2 rings (SSSR count). The van der Waals surface area contributed by atoms with Gasteiger partial charge in [0.2, 0.25) is 0 Å². The number of rotatable bonds is 2. The van der Waals surface area contributed by atoms with E-state index in [2.05, 4.69) is 31.2 Å². The SMILES string of the molecule is Brc1cnccc1Nc1nccs1. The minimum atomic E-state index is 0.881. The Morgan fingerprint density at radius 2 is 2.31 bits per heavy atom. The fourth-order valence-corrected chi connectivity index (χ4v) is 1.77. The van der Waals surface area contributed by atoms with Gasteiger partial charge in [-0.05, 0) is 22.0 Å². The van der Waals surface area contributed by atoms with Gasteiger partial charge in [0.15, 0.2) is 5.13 Å². The van der Waals surface area contributed by atoms with Crippen LogP contribution in [0.5, 0.6) is 0 Å². The molecule has 0 saturated heterocycles. The molecule has 0 saturated carbocycles. The molecule has 3 nitrogen and oxygen atoms in total. The van der Waals surface area contributed by atoms with Crippen molar-refractivity contribution in [3.05, 3.63) is 34.5 Å². The molecule has 66 valence electrons. The summed E-state index contributed by atoms with van der Waals surface area (Å²) in [7, 11) is 0. The van der Waals surface area contributed by atoms with E-state index in [1.807, 2.05) is 11.4 Å². The van der Waals surface area contributed by atoms with Gasteiger partial charge in [-0.25, -0.2) is 4.98 Å². The van der Waals surface area contributed by atoms with E-state index in [1.54, 1.807) is 29.9 Å². The van der Waals surface area contributed by atoms with Crippen molar-refractivity contribution in [2.24, 2.45) is 0 Å². The highest BCUT2D eigenvalue weighted by Crippen LogP contribution is 2.24. The lowest BCUT2D eigenvalue weighted by atomic mass is 10.4. The van der Waals surface area contributed by atoms with E-state index in [0.717, 1.165) is 15.3 Å². The first-order chi connectivity index (χ1) is 6.36. The smallest absolute Gasteiger partial charge is 0.187 e. The number of hydrogen-bond acceptors (Lipinski definition) is 4. The number of anilines is 2. The van der Waals surface area contributed by atoms with Crippen molar-refractivity contribution in [2.75, 3.05) is 5.32 Å². The van der Waals surface area contributed by atoms with Crippen molar-refractivity contribution in [1.29, 1.82) is 0 Å². The average Bonchev–Trinajstić information content (AvgIpc) is 2.61. The van der Waals surface area contributed by atoms with Crippen molar-refractivity contribution in [2.45, 2.75) is 0 Å². The quantitative estimate of drug-likeness (QED) is 0.897. The lowest BCUT2D eigenvalue weighted by Crippen LogP contribution is -1.90. The summed E-state index contributed by atoms with van der Waals surface area (Å²) in [5.74, 6) is 0. The summed E-state index contributed by atoms with van der Waals surface area (Å²) in [5, 5.41) is 5.98. The highest BCUT2D eigenvalue weighted by atomic mass is 79.9. The third-order valence-electron chi connectivity index (χ3n) is 1.45. The van der Waals surface area contributed by atoms with Gasteiger partial charge in [0.05, 0.1) is 10.2 Å². The van der Waals surface area contributed by atoms with Gasteiger partial charge in [0, 0.05) is 24.0 Å². The molecule has 2 aromatic rings. The Labute approximate surface area is 88.0 Å². The monoisotopic (exact) mass is 255 g/mol. The van der Waals surface area contributed by atoms with Crippen LogP contribution < -0.4 is 5.32 Å². The van der Waals surface area contributed by atoms with Crippen LogP contribution in [-0.4, -0.2) is 9.97 Å². The minimum absolute atomic E-state index is 0.881. The minimum Gasteiger partial charge on any atom is -0.330 e. The molecule has 2 heterocycles. The number of thiazole rings is 1. The van der Waals surface area contributed by atoms with Crippen LogP contribution in [0.2, 0.25) is 0 Å². The lowest BCUT2D eigenvalue weighted by Gasteiger charge is -2.03. The van der Waals surface area contributed by atoms with Crippen LogP contribution >= 0.6 is 27.3 Å². The van der Waals surface area contributed by atoms with Crippen molar-refractivity contribution in [1.82, 2.24) is 9.97 Å². The van der Waals surface area contributed by atoms with E-state index < -0.39 is 0 Å². The Morgan fingerprint density at radius 1 is 1.38 bits per heavy atom. The van der Waals surface area contributed by atoms with Crippen LogP contribution in [-0.2, 0) is 0 Å². The molecule has 1 N–H and O–H groups in total. The van der Waals surface area contributed by atoms with Gasteiger partial charge in [-0.2, -0.15) is 0 Å². The van der Waals surface area contributed by atoms with Gasteiger partial charge in [-0.15, -0.1) is 11.3 Å². The van der Waals surface area contributed by atoms with Crippen LogP contribution in [0.25, 0.3) is 0 Å². The predicted molar refractivity (Wildman–Crippen MR) is 57.3 cm³/mol. The molecule has 5 heteroatoms. The molecule has 2 aromatic heterocycles. The van der Waals surface area contributed by atoms with Gasteiger partial charge in [-0.1, -0.05) is 0 Å². The number of nitrogens with one attached hydrogen (secondary N) is 1. The summed E-state index contributed by atoms with van der Waals surface area (Å²) in [6.45, 7) is 0. The molecule has 13 heavy (non-hydrogen) atoms. The lowest BCUT2D eigenvalue weighted by molar-refractivity contribution is 1.30. The number of hydrogen-bond donors (Lipinski definition) is 1. The fourth-order valence-electron chi connectivity index (χ4n) is 0.877. The zero-order valence-electron chi connectivity index (χ0n) is 6.57. The second-order valence-corrected chi connectivity index (χ2v) is 4.07. The summed E-state index contributed by atoms with van der Waals surface area (Å²) < 4.78 is 0.935. The van der Waals surface area contributed by atoms with Crippen molar-refractivity contribution in [3.63, 3.8) is 0 Å². The molecular formula is C8H6BrN3S. The first-order valence-electron chi connectivity index (χ1n) is 3.62. The van der Waals surface area contributed by atoms with Crippen LogP contribution in [0.3, 0.4) is 0 Å². The zero-order valence-corrected chi connectivity index (χ0v) is 8.97. The second kappa shape index (κ2) is 3.85. The highest BCUT2D eigenvalue weighted by molar-refractivity contribution is 9.10. The molecule has 0 bridgehead atoms. The Hall–Kier alpha value is -0.940. The zero-order chi connectivity index (χ0) is 9.10. The van der Waals surface area contributed by atoms with Gasteiger partial charge in [-0.3, -0.25) is 4.98 Å². The maximum absolute atomic E-state index is 4.12. The largest absolute Gasteiger partial charge is 0.330 e. The van der Waals surface area contributed by atoms with E-state index in [9.17, 15) is 0 Å². The molecule has 0 aliphatic rings. The summed E-state index contributed by atoms with van der Waals surface area (Å²) in [6.07, 6.45) is 5.25. The Kier molecular flexibility index (Phi) is 2.56. The topological polar surface area (TPSA) is 37.8 Å². The molecule has 0 radical (unpaired) electrons. The molecule has 0 spiro atoms. The second-order valence-electron chi connectivity index (χ2n) is 2.32. The molecular weight excluding hydrogens is 250 g/mol. The number of nitrogens with zero attached hydrogens (tertiary/aromatic N) is 2. The average molecular weight is 256 g/mol. The molecule has 0 fully saturated rings. The summed E-state index contributed by atoms with van der Waals surface area (Å²) in [5.41, 5.74) is 0.977. The van der Waals surface area contributed by atoms with Crippen LogP contribution in [0, 0.1) is 0 Å². The molecule has 0 amide bonds. The third-order valence-corrected chi connectivity index (χ3v) is 2.77. The van der Waals surface area contributed by atoms with E-state index in [-0.39, 0.29) is 0 Å². The maximum Gasteiger partial charge on any atom is 0.187 e. The number of aromatic nitrogens is 2. The Morgan fingerprint density at radius 3 is 3.00 bits per heavy atom. The maximum atomic E-state index is 4.12. The molecule has 0 aromatic carbocycles. The van der Waals surface area contributed by atoms with E-state index in [4.69, 9.17) is 0 Å². The predicted octanol–water partition coefficient (Wildman–Crippen LogP) is 3.04. The fraction of sp³-hybridized carbons (Fsp3) is 0. The van der Waals surface area contributed by atoms with Gasteiger partial charge >= 0.3 is 0 Å². The Bertz CT molecular complexity index is 388. The van der Waals surface area contributed by atoms with Crippen molar-refractivity contribution < 1.29 is 0 Å². The van der Waals surface area contributed by atoms with Crippen LogP contribution in [0.4, 0.5) is 10.8 Å². The van der Waals surface area contributed by atoms with Crippen molar-refractivity contribution >= 4 is 38.1 Å². The molecule has 0 atom stereocenters. The molecule has 0 aliphatic carbocycles.